The van der Waals surface area contributed by atoms with Gasteiger partial charge in [-0.3, -0.25) is 19.3 Å². The average Bonchev–Trinajstić information content (AvgIpc) is 2.70. The largest absolute Gasteiger partial charge is 0.351 e. The standard InChI is InChI=1S/C22H32N4O3/c1-17(27)25-22(12-6-3-7-13-22)21(29)24-19-10-14-26(15-11-19)16-20(28)23-18-8-4-2-5-9-18/h2,4-5,8-9,19H,3,6-7,10-16H2,1H3,(H,23,28)(H,24,29)(H,25,27). The number of carbonyl (C=O) groups excluding carboxylic acids is 3. The van der Waals surface area contributed by atoms with Crippen LogP contribution < -0.4 is 16.0 Å². The molecule has 1 aromatic rings. The molecule has 1 saturated heterocycles. The van der Waals surface area contributed by atoms with Gasteiger partial charge in [0.05, 0.1) is 6.54 Å². The number of rotatable bonds is 6. The molecule has 1 aromatic carbocycles. The van der Waals surface area contributed by atoms with Gasteiger partial charge < -0.3 is 16.0 Å². The minimum absolute atomic E-state index is 0.0227. The van der Waals surface area contributed by atoms with Crippen molar-refractivity contribution in [3.63, 3.8) is 0 Å². The molecule has 0 radical (unpaired) electrons. The Bertz CT molecular complexity index is 708. The Morgan fingerprint density at radius 3 is 2.31 bits per heavy atom. The first-order valence-corrected chi connectivity index (χ1v) is 10.6. The van der Waals surface area contributed by atoms with Crippen LogP contribution >= 0.6 is 0 Å². The lowest BCUT2D eigenvalue weighted by atomic mass is 9.80. The monoisotopic (exact) mass is 400 g/mol. The van der Waals surface area contributed by atoms with E-state index in [0.717, 1.165) is 50.9 Å². The van der Waals surface area contributed by atoms with E-state index in [1.165, 1.54) is 6.92 Å². The lowest BCUT2D eigenvalue weighted by molar-refractivity contribution is -0.135. The molecule has 0 atom stereocenters. The third-order valence-corrected chi connectivity index (χ3v) is 5.90. The maximum absolute atomic E-state index is 13.0. The quantitative estimate of drug-likeness (QED) is 0.682. The molecule has 1 heterocycles. The molecule has 2 fully saturated rings. The molecule has 158 valence electrons. The van der Waals surface area contributed by atoms with Gasteiger partial charge >= 0.3 is 0 Å². The fourth-order valence-electron chi connectivity index (χ4n) is 4.39. The number of nitrogens with one attached hydrogen (secondary N) is 3. The van der Waals surface area contributed by atoms with Crippen molar-refractivity contribution >= 4 is 23.4 Å². The van der Waals surface area contributed by atoms with Crippen LogP contribution in [0, 0.1) is 0 Å². The van der Waals surface area contributed by atoms with Crippen molar-refractivity contribution in [3.8, 4) is 0 Å². The van der Waals surface area contributed by atoms with Gasteiger partial charge in [0, 0.05) is 31.7 Å². The highest BCUT2D eigenvalue weighted by atomic mass is 16.2. The zero-order chi connectivity index (χ0) is 20.7. The second-order valence-corrected chi connectivity index (χ2v) is 8.26. The van der Waals surface area contributed by atoms with Gasteiger partial charge in [-0.05, 0) is 37.8 Å². The Balaban J connectivity index is 1.45. The number of nitrogens with zero attached hydrogens (tertiary/aromatic N) is 1. The molecule has 29 heavy (non-hydrogen) atoms. The molecular formula is C22H32N4O3. The summed E-state index contributed by atoms with van der Waals surface area (Å²) >= 11 is 0. The van der Waals surface area contributed by atoms with Crippen LogP contribution in [-0.2, 0) is 14.4 Å². The molecule has 0 unspecified atom stereocenters. The Morgan fingerprint density at radius 2 is 1.69 bits per heavy atom. The van der Waals surface area contributed by atoms with Gasteiger partial charge in [-0.15, -0.1) is 0 Å². The number of para-hydroxylation sites is 1. The number of amides is 3. The normalized spacial score (nSPS) is 19.9. The van der Waals surface area contributed by atoms with Gasteiger partial charge in [-0.1, -0.05) is 37.5 Å². The third-order valence-electron chi connectivity index (χ3n) is 5.90. The van der Waals surface area contributed by atoms with Gasteiger partial charge in [0.1, 0.15) is 5.54 Å². The molecule has 7 heteroatoms. The van der Waals surface area contributed by atoms with E-state index in [9.17, 15) is 14.4 Å². The maximum atomic E-state index is 13.0. The van der Waals surface area contributed by atoms with E-state index in [1.807, 2.05) is 30.3 Å². The molecule has 3 amide bonds. The molecule has 2 aliphatic rings. The number of hydrogen-bond acceptors (Lipinski definition) is 4. The van der Waals surface area contributed by atoms with Crippen molar-refractivity contribution in [3.05, 3.63) is 30.3 Å². The number of carbonyl (C=O) groups is 3. The molecular weight excluding hydrogens is 368 g/mol. The number of anilines is 1. The van der Waals surface area contributed by atoms with E-state index in [0.29, 0.717) is 19.4 Å². The number of benzene rings is 1. The molecule has 0 aromatic heterocycles. The summed E-state index contributed by atoms with van der Waals surface area (Å²) in [5.74, 6) is -0.223. The highest BCUT2D eigenvalue weighted by Crippen LogP contribution is 2.29. The minimum atomic E-state index is -0.753. The molecule has 7 nitrogen and oxygen atoms in total. The van der Waals surface area contributed by atoms with Gasteiger partial charge in [0.2, 0.25) is 17.7 Å². The highest BCUT2D eigenvalue weighted by molar-refractivity contribution is 5.92. The van der Waals surface area contributed by atoms with Crippen LogP contribution in [0.1, 0.15) is 51.9 Å². The van der Waals surface area contributed by atoms with Crippen LogP contribution in [0.5, 0.6) is 0 Å². The molecule has 1 saturated carbocycles. The first kappa shape index (κ1) is 21.3. The lowest BCUT2D eigenvalue weighted by Crippen LogP contribution is -2.61. The van der Waals surface area contributed by atoms with Crippen molar-refractivity contribution in [1.82, 2.24) is 15.5 Å². The van der Waals surface area contributed by atoms with Crippen molar-refractivity contribution in [2.75, 3.05) is 25.0 Å². The van der Waals surface area contributed by atoms with Crippen molar-refractivity contribution in [2.45, 2.75) is 63.5 Å². The smallest absolute Gasteiger partial charge is 0.245 e. The second-order valence-electron chi connectivity index (χ2n) is 8.26. The van der Waals surface area contributed by atoms with Gasteiger partial charge in [0.25, 0.3) is 0 Å². The third kappa shape index (κ3) is 6.03. The first-order valence-electron chi connectivity index (χ1n) is 10.6. The van der Waals surface area contributed by atoms with Crippen LogP contribution in [0.2, 0.25) is 0 Å². The molecule has 0 spiro atoms. The van der Waals surface area contributed by atoms with Crippen LogP contribution in [0.4, 0.5) is 5.69 Å². The zero-order valence-corrected chi connectivity index (χ0v) is 17.2. The van der Waals surface area contributed by atoms with E-state index in [-0.39, 0.29) is 23.8 Å². The summed E-state index contributed by atoms with van der Waals surface area (Å²) in [7, 11) is 0. The number of piperidine rings is 1. The topological polar surface area (TPSA) is 90.5 Å². The summed E-state index contributed by atoms with van der Waals surface area (Å²) < 4.78 is 0. The van der Waals surface area contributed by atoms with Crippen LogP contribution in [0.25, 0.3) is 0 Å². The maximum Gasteiger partial charge on any atom is 0.245 e. The summed E-state index contributed by atoms with van der Waals surface area (Å²) in [5, 5.41) is 9.00. The molecule has 3 rings (SSSR count). The van der Waals surface area contributed by atoms with E-state index in [2.05, 4.69) is 20.9 Å². The second kappa shape index (κ2) is 9.87. The Labute approximate surface area is 172 Å². The number of likely N-dealkylation sites (tertiary alicyclic amines) is 1. The average molecular weight is 401 g/mol. The molecule has 0 bridgehead atoms. The number of hydrogen-bond donors (Lipinski definition) is 3. The first-order chi connectivity index (χ1) is 14.0. The Kier molecular flexibility index (Phi) is 7.25. The van der Waals surface area contributed by atoms with Crippen LogP contribution in [0.3, 0.4) is 0 Å². The molecule has 1 aliphatic heterocycles. The van der Waals surface area contributed by atoms with E-state index < -0.39 is 5.54 Å². The van der Waals surface area contributed by atoms with E-state index in [4.69, 9.17) is 0 Å². The predicted octanol–water partition coefficient (Wildman–Crippen LogP) is 2.04. The Morgan fingerprint density at radius 1 is 1.03 bits per heavy atom. The highest BCUT2D eigenvalue weighted by Gasteiger charge is 2.41. The van der Waals surface area contributed by atoms with Gasteiger partial charge in [0.15, 0.2) is 0 Å². The van der Waals surface area contributed by atoms with Gasteiger partial charge in [-0.2, -0.15) is 0 Å². The molecule has 1 aliphatic carbocycles. The summed E-state index contributed by atoms with van der Waals surface area (Å²) in [4.78, 5) is 39.0. The van der Waals surface area contributed by atoms with Crippen LogP contribution in [-0.4, -0.2) is 53.8 Å². The fourth-order valence-corrected chi connectivity index (χ4v) is 4.39. The fraction of sp³-hybridized carbons (Fsp3) is 0.591. The summed E-state index contributed by atoms with van der Waals surface area (Å²) in [6, 6.07) is 9.53. The van der Waals surface area contributed by atoms with Crippen molar-refractivity contribution in [2.24, 2.45) is 0 Å². The summed E-state index contributed by atoms with van der Waals surface area (Å²) in [5.41, 5.74) is 0.0481. The van der Waals surface area contributed by atoms with Crippen LogP contribution in [0.15, 0.2) is 30.3 Å². The summed E-state index contributed by atoms with van der Waals surface area (Å²) in [6.45, 7) is 3.36. The SMILES string of the molecule is CC(=O)NC1(C(=O)NC2CCN(CC(=O)Nc3ccccc3)CC2)CCCCC1. The van der Waals surface area contributed by atoms with Crippen molar-refractivity contribution in [1.29, 1.82) is 0 Å². The zero-order valence-electron chi connectivity index (χ0n) is 17.2. The summed E-state index contributed by atoms with van der Waals surface area (Å²) in [6.07, 6.45) is 6.05. The Hall–Kier alpha value is -2.41. The predicted molar refractivity (Wildman–Crippen MR) is 112 cm³/mol. The lowest BCUT2D eigenvalue weighted by Gasteiger charge is -2.39. The van der Waals surface area contributed by atoms with Crippen molar-refractivity contribution < 1.29 is 14.4 Å². The van der Waals surface area contributed by atoms with Gasteiger partial charge in [-0.25, -0.2) is 0 Å². The van der Waals surface area contributed by atoms with E-state index in [1.54, 1.807) is 0 Å². The minimum Gasteiger partial charge on any atom is -0.351 e. The molecule has 3 N–H and O–H groups in total. The van der Waals surface area contributed by atoms with E-state index >= 15 is 0 Å².